The summed E-state index contributed by atoms with van der Waals surface area (Å²) in [6.07, 6.45) is 0. The number of piperazine rings is 1. The van der Waals surface area contributed by atoms with Gasteiger partial charge in [0.05, 0.1) is 0 Å². The minimum absolute atomic E-state index is 0.172. The Morgan fingerprint density at radius 2 is 1.82 bits per heavy atom. The third-order valence-corrected chi connectivity index (χ3v) is 5.98. The van der Waals surface area contributed by atoms with Crippen molar-refractivity contribution >= 4 is 28.6 Å². The molecule has 1 aliphatic heterocycles. The van der Waals surface area contributed by atoms with Crippen LogP contribution in [0.4, 0.5) is 11.4 Å². The maximum atomic E-state index is 12.7. The van der Waals surface area contributed by atoms with Gasteiger partial charge in [-0.15, -0.1) is 11.3 Å². The Balaban J connectivity index is 1.45. The predicted octanol–water partition coefficient (Wildman–Crippen LogP) is 4.12. The number of thiazole rings is 1. The lowest BCUT2D eigenvalue weighted by Gasteiger charge is -2.34. The lowest BCUT2D eigenvalue weighted by molar-refractivity contribution is 0.102. The van der Waals surface area contributed by atoms with Crippen molar-refractivity contribution < 1.29 is 4.79 Å². The third-order valence-electron chi connectivity index (χ3n) is 5.08. The van der Waals surface area contributed by atoms with Crippen molar-refractivity contribution in [3.8, 4) is 10.6 Å². The average molecular weight is 393 g/mol. The molecule has 2 aromatic carbocycles. The molecule has 0 radical (unpaired) electrons. The number of likely N-dealkylation sites (N-methyl/N-ethyl adjacent to an activating group) is 1. The summed E-state index contributed by atoms with van der Waals surface area (Å²) < 4.78 is 0. The van der Waals surface area contributed by atoms with Crippen LogP contribution in [0.25, 0.3) is 10.6 Å². The molecule has 6 heteroatoms. The first-order valence-corrected chi connectivity index (χ1v) is 10.3. The molecule has 0 unspecified atom stereocenters. The first-order valence-electron chi connectivity index (χ1n) is 9.46. The lowest BCUT2D eigenvalue weighted by atomic mass is 10.1. The number of nitrogens with one attached hydrogen (secondary N) is 1. The number of nitrogens with zero attached hydrogens (tertiary/aromatic N) is 3. The molecule has 0 aliphatic carbocycles. The lowest BCUT2D eigenvalue weighted by Crippen LogP contribution is -2.44. The van der Waals surface area contributed by atoms with Gasteiger partial charge in [0, 0.05) is 48.5 Å². The van der Waals surface area contributed by atoms with E-state index in [4.69, 9.17) is 0 Å². The van der Waals surface area contributed by atoms with Crippen LogP contribution in [0.1, 0.15) is 16.1 Å². The third kappa shape index (κ3) is 4.08. The molecular formula is C22H24N4OS. The molecule has 2 heterocycles. The Labute approximate surface area is 169 Å². The van der Waals surface area contributed by atoms with E-state index in [1.54, 1.807) is 0 Å². The van der Waals surface area contributed by atoms with Gasteiger partial charge in [-0.25, -0.2) is 4.98 Å². The number of benzene rings is 2. The van der Waals surface area contributed by atoms with Crippen LogP contribution >= 0.6 is 11.3 Å². The molecule has 0 saturated carbocycles. The summed E-state index contributed by atoms with van der Waals surface area (Å²) in [6.45, 7) is 6.24. The van der Waals surface area contributed by atoms with Crippen LogP contribution in [-0.4, -0.2) is 49.0 Å². The molecule has 3 aromatic rings. The molecule has 1 amide bonds. The fourth-order valence-corrected chi connectivity index (χ4v) is 4.13. The van der Waals surface area contributed by atoms with Crippen LogP contribution in [0, 0.1) is 6.92 Å². The maximum Gasteiger partial charge on any atom is 0.275 e. The second-order valence-corrected chi connectivity index (χ2v) is 8.01. The second-order valence-electron chi connectivity index (χ2n) is 7.15. The summed E-state index contributed by atoms with van der Waals surface area (Å²) in [5, 5.41) is 5.67. The molecule has 1 N–H and O–H groups in total. The summed E-state index contributed by atoms with van der Waals surface area (Å²) in [4.78, 5) is 21.9. The highest BCUT2D eigenvalue weighted by Crippen LogP contribution is 2.26. The van der Waals surface area contributed by atoms with E-state index < -0.39 is 0 Å². The number of hydrogen-bond acceptors (Lipinski definition) is 5. The molecule has 5 nitrogen and oxygen atoms in total. The molecule has 1 aliphatic rings. The minimum atomic E-state index is -0.172. The van der Waals surface area contributed by atoms with E-state index in [1.165, 1.54) is 17.0 Å². The second kappa shape index (κ2) is 8.12. The first kappa shape index (κ1) is 18.7. The number of aromatic nitrogens is 1. The summed E-state index contributed by atoms with van der Waals surface area (Å²) >= 11 is 1.48. The van der Waals surface area contributed by atoms with Crippen LogP contribution in [0.5, 0.6) is 0 Å². The van der Waals surface area contributed by atoms with Gasteiger partial charge in [-0.05, 0) is 37.7 Å². The van der Waals surface area contributed by atoms with Gasteiger partial charge in [-0.3, -0.25) is 4.79 Å². The number of hydrogen-bond donors (Lipinski definition) is 1. The van der Waals surface area contributed by atoms with E-state index in [2.05, 4.69) is 39.3 Å². The maximum absolute atomic E-state index is 12.7. The molecular weight excluding hydrogens is 368 g/mol. The zero-order valence-electron chi connectivity index (χ0n) is 16.2. The van der Waals surface area contributed by atoms with Gasteiger partial charge in [-0.2, -0.15) is 0 Å². The van der Waals surface area contributed by atoms with Crippen LogP contribution in [0.2, 0.25) is 0 Å². The fourth-order valence-electron chi connectivity index (χ4n) is 3.33. The van der Waals surface area contributed by atoms with E-state index in [0.29, 0.717) is 5.69 Å². The summed E-state index contributed by atoms with van der Waals surface area (Å²) in [5.41, 5.74) is 4.58. The van der Waals surface area contributed by atoms with Gasteiger partial charge >= 0.3 is 0 Å². The molecule has 1 aromatic heterocycles. The van der Waals surface area contributed by atoms with E-state index in [-0.39, 0.29) is 5.91 Å². The Bertz CT molecular complexity index is 962. The van der Waals surface area contributed by atoms with E-state index in [0.717, 1.165) is 48.0 Å². The largest absolute Gasteiger partial charge is 0.369 e. The highest BCUT2D eigenvalue weighted by Gasteiger charge is 2.16. The van der Waals surface area contributed by atoms with Gasteiger partial charge in [0.15, 0.2) is 0 Å². The molecule has 4 rings (SSSR count). The van der Waals surface area contributed by atoms with Crippen molar-refractivity contribution in [2.75, 3.05) is 43.4 Å². The smallest absolute Gasteiger partial charge is 0.275 e. The van der Waals surface area contributed by atoms with Crippen LogP contribution in [-0.2, 0) is 0 Å². The normalized spacial score (nSPS) is 14.9. The first-order chi connectivity index (χ1) is 13.6. The fraction of sp³-hybridized carbons (Fsp3) is 0.273. The number of anilines is 2. The highest BCUT2D eigenvalue weighted by molar-refractivity contribution is 7.13. The van der Waals surface area contributed by atoms with Crippen LogP contribution in [0.15, 0.2) is 53.9 Å². The summed E-state index contributed by atoms with van der Waals surface area (Å²) in [7, 11) is 2.16. The van der Waals surface area contributed by atoms with Crippen molar-refractivity contribution in [2.45, 2.75) is 6.92 Å². The molecule has 144 valence electrons. The SMILES string of the molecule is Cc1cc(N2CCN(C)CC2)ccc1NC(=O)c1csc(-c2ccccc2)n1. The Kier molecular flexibility index (Phi) is 5.41. The molecule has 1 saturated heterocycles. The standard InChI is InChI=1S/C22H24N4OS/c1-16-14-18(26-12-10-25(2)11-13-26)8-9-19(16)23-21(27)20-15-28-22(24-20)17-6-4-3-5-7-17/h3-9,14-15H,10-13H2,1-2H3,(H,23,27). The van der Waals surface area contributed by atoms with Gasteiger partial charge < -0.3 is 15.1 Å². The number of carbonyl (C=O) groups excluding carboxylic acids is 1. The Morgan fingerprint density at radius 1 is 1.07 bits per heavy atom. The number of rotatable bonds is 4. The highest BCUT2D eigenvalue weighted by atomic mass is 32.1. The Morgan fingerprint density at radius 3 is 2.54 bits per heavy atom. The predicted molar refractivity (Wildman–Crippen MR) is 116 cm³/mol. The molecule has 1 fully saturated rings. The van der Waals surface area contributed by atoms with E-state index in [9.17, 15) is 4.79 Å². The van der Waals surface area contributed by atoms with Gasteiger partial charge in [-0.1, -0.05) is 30.3 Å². The van der Waals surface area contributed by atoms with Crippen molar-refractivity contribution in [3.05, 3.63) is 65.2 Å². The molecule has 0 bridgehead atoms. The summed E-state index contributed by atoms with van der Waals surface area (Å²) in [5.74, 6) is -0.172. The monoisotopic (exact) mass is 392 g/mol. The van der Waals surface area contributed by atoms with Gasteiger partial charge in [0.2, 0.25) is 0 Å². The zero-order chi connectivity index (χ0) is 19.5. The van der Waals surface area contributed by atoms with Gasteiger partial charge in [0.25, 0.3) is 5.91 Å². The molecule has 28 heavy (non-hydrogen) atoms. The topological polar surface area (TPSA) is 48.5 Å². The molecule has 0 spiro atoms. The zero-order valence-corrected chi connectivity index (χ0v) is 17.0. The summed E-state index contributed by atoms with van der Waals surface area (Å²) in [6, 6.07) is 16.2. The molecule has 0 atom stereocenters. The number of amides is 1. The van der Waals surface area contributed by atoms with Crippen molar-refractivity contribution in [1.82, 2.24) is 9.88 Å². The quantitative estimate of drug-likeness (QED) is 0.726. The number of carbonyl (C=O) groups is 1. The average Bonchev–Trinajstić information content (AvgIpc) is 3.21. The van der Waals surface area contributed by atoms with E-state index >= 15 is 0 Å². The van der Waals surface area contributed by atoms with Crippen molar-refractivity contribution in [1.29, 1.82) is 0 Å². The Hall–Kier alpha value is -2.70. The minimum Gasteiger partial charge on any atom is -0.369 e. The van der Waals surface area contributed by atoms with E-state index in [1.807, 2.05) is 48.7 Å². The van der Waals surface area contributed by atoms with Crippen molar-refractivity contribution in [2.24, 2.45) is 0 Å². The van der Waals surface area contributed by atoms with Crippen LogP contribution < -0.4 is 10.2 Å². The van der Waals surface area contributed by atoms with Crippen molar-refractivity contribution in [3.63, 3.8) is 0 Å². The van der Waals surface area contributed by atoms with Crippen LogP contribution in [0.3, 0.4) is 0 Å². The van der Waals surface area contributed by atoms with Gasteiger partial charge in [0.1, 0.15) is 10.7 Å². The number of aryl methyl sites for hydroxylation is 1.